The van der Waals surface area contributed by atoms with Crippen LogP contribution in [-0.4, -0.2) is 59.8 Å². The molecule has 200 valence electrons. The highest BCUT2D eigenvalue weighted by Crippen LogP contribution is 2.35. The van der Waals surface area contributed by atoms with Crippen molar-refractivity contribution in [2.75, 3.05) is 23.3 Å². The van der Waals surface area contributed by atoms with Crippen LogP contribution in [0, 0.1) is 5.82 Å². The van der Waals surface area contributed by atoms with E-state index in [1.54, 1.807) is 12.4 Å². The molecule has 5 rings (SSSR count). The Morgan fingerprint density at radius 3 is 2.46 bits per heavy atom. The molecular formula is C24H18ClF3N8O3. The van der Waals surface area contributed by atoms with E-state index >= 15 is 0 Å². The lowest BCUT2D eigenvalue weighted by Gasteiger charge is -2.30. The lowest BCUT2D eigenvalue weighted by atomic mass is 10.0. The minimum Gasteiger partial charge on any atom is -0.476 e. The first-order valence-electron chi connectivity index (χ1n) is 11.5. The van der Waals surface area contributed by atoms with Crippen molar-refractivity contribution in [1.82, 2.24) is 29.7 Å². The molecule has 1 saturated heterocycles. The van der Waals surface area contributed by atoms with Crippen molar-refractivity contribution in [3.63, 3.8) is 0 Å². The molecular weight excluding hydrogens is 541 g/mol. The van der Waals surface area contributed by atoms with Crippen LogP contribution in [0.25, 0.3) is 11.3 Å². The number of amides is 1. The topological polar surface area (TPSA) is 139 Å². The fourth-order valence-electron chi connectivity index (χ4n) is 3.83. The van der Waals surface area contributed by atoms with Crippen LogP contribution in [0.5, 0.6) is 0 Å². The predicted octanol–water partition coefficient (Wildman–Crippen LogP) is 4.07. The molecule has 4 aromatic rings. The first-order chi connectivity index (χ1) is 18.7. The number of benzene rings is 1. The fourth-order valence-corrected chi connectivity index (χ4v) is 3.99. The van der Waals surface area contributed by atoms with Gasteiger partial charge in [0.2, 0.25) is 5.95 Å². The molecule has 1 aliphatic rings. The van der Waals surface area contributed by atoms with E-state index in [1.165, 1.54) is 17.1 Å². The van der Waals surface area contributed by atoms with Gasteiger partial charge in [-0.25, -0.2) is 37.9 Å². The number of nitrogens with one attached hydrogen (secondary N) is 1. The van der Waals surface area contributed by atoms with Crippen LogP contribution >= 0.6 is 11.6 Å². The van der Waals surface area contributed by atoms with Gasteiger partial charge in [-0.1, -0.05) is 17.7 Å². The number of aromatic nitrogens is 6. The van der Waals surface area contributed by atoms with Crippen LogP contribution in [0.1, 0.15) is 45.0 Å². The third kappa shape index (κ3) is 5.36. The van der Waals surface area contributed by atoms with Gasteiger partial charge in [-0.05, 0) is 12.5 Å². The fraction of sp³-hybridized carbons (Fsp3) is 0.208. The maximum atomic E-state index is 14.7. The van der Waals surface area contributed by atoms with Crippen LogP contribution in [0.15, 0.2) is 43.1 Å². The van der Waals surface area contributed by atoms with Gasteiger partial charge in [-0.3, -0.25) is 9.48 Å². The molecule has 0 radical (unpaired) electrons. The van der Waals surface area contributed by atoms with Gasteiger partial charge in [0.15, 0.2) is 17.2 Å². The number of aromatic carboxylic acids is 1. The molecule has 4 heterocycles. The summed E-state index contributed by atoms with van der Waals surface area (Å²) in [6.45, 7) is 2.12. The summed E-state index contributed by atoms with van der Waals surface area (Å²) in [6.07, 6.45) is 4.92. The van der Waals surface area contributed by atoms with E-state index in [4.69, 9.17) is 11.6 Å². The van der Waals surface area contributed by atoms with E-state index in [2.05, 4.69) is 30.4 Å². The quantitative estimate of drug-likeness (QED) is 0.327. The first kappa shape index (κ1) is 26.0. The Balaban J connectivity index is 1.38. The number of rotatable bonds is 8. The number of carbonyl (C=O) groups is 2. The molecule has 0 bridgehead atoms. The molecule has 1 aromatic carbocycles. The Morgan fingerprint density at radius 1 is 1.08 bits per heavy atom. The van der Waals surface area contributed by atoms with Crippen LogP contribution in [0.4, 0.5) is 24.8 Å². The molecule has 1 amide bonds. The molecule has 2 N–H and O–H groups in total. The van der Waals surface area contributed by atoms with Crippen molar-refractivity contribution in [2.24, 2.45) is 0 Å². The minimum absolute atomic E-state index is 0.184. The molecule has 39 heavy (non-hydrogen) atoms. The summed E-state index contributed by atoms with van der Waals surface area (Å²) in [7, 11) is 0. The van der Waals surface area contributed by atoms with E-state index in [1.807, 2.05) is 4.90 Å². The third-order valence-electron chi connectivity index (χ3n) is 5.87. The zero-order chi connectivity index (χ0) is 27.7. The number of carboxylic acids is 1. The van der Waals surface area contributed by atoms with Crippen molar-refractivity contribution in [2.45, 2.75) is 19.4 Å². The number of alkyl halides is 2. The molecule has 1 fully saturated rings. The molecule has 0 unspecified atom stereocenters. The SMILES string of the molecule is O=C(O)c1ncc(-c2c(C(F)F)ccc(Cl)c2F)nc1C(=O)Nc1cnn(Cc2cnc(N3CCC3)nc2)c1. The van der Waals surface area contributed by atoms with Gasteiger partial charge in [0.25, 0.3) is 12.3 Å². The third-order valence-corrected chi connectivity index (χ3v) is 6.17. The van der Waals surface area contributed by atoms with Crippen LogP contribution in [-0.2, 0) is 6.54 Å². The highest BCUT2D eigenvalue weighted by Gasteiger charge is 2.26. The van der Waals surface area contributed by atoms with Crippen LogP contribution < -0.4 is 10.2 Å². The predicted molar refractivity (Wildman–Crippen MR) is 132 cm³/mol. The van der Waals surface area contributed by atoms with E-state index in [9.17, 15) is 27.9 Å². The highest BCUT2D eigenvalue weighted by molar-refractivity contribution is 6.31. The normalized spacial score (nSPS) is 12.9. The Bertz CT molecular complexity index is 1560. The molecule has 3 aromatic heterocycles. The number of carbonyl (C=O) groups excluding carboxylic acids is 1. The molecule has 0 spiro atoms. The van der Waals surface area contributed by atoms with Crippen molar-refractivity contribution < 1.29 is 27.9 Å². The number of halogens is 4. The molecule has 11 nitrogen and oxygen atoms in total. The Hall–Kier alpha value is -4.59. The van der Waals surface area contributed by atoms with E-state index in [0.717, 1.165) is 43.4 Å². The molecule has 1 aliphatic heterocycles. The maximum absolute atomic E-state index is 14.7. The Labute approximate surface area is 223 Å². The maximum Gasteiger partial charge on any atom is 0.356 e. The van der Waals surface area contributed by atoms with E-state index < -0.39 is 57.4 Å². The van der Waals surface area contributed by atoms with Gasteiger partial charge >= 0.3 is 5.97 Å². The Kier molecular flexibility index (Phi) is 7.11. The zero-order valence-corrected chi connectivity index (χ0v) is 20.6. The average Bonchev–Trinajstić information content (AvgIpc) is 3.31. The monoisotopic (exact) mass is 558 g/mol. The molecule has 15 heteroatoms. The van der Waals surface area contributed by atoms with Gasteiger partial charge in [0, 0.05) is 48.4 Å². The lowest BCUT2D eigenvalue weighted by Crippen LogP contribution is -2.38. The first-order valence-corrected chi connectivity index (χ1v) is 11.9. The summed E-state index contributed by atoms with van der Waals surface area (Å²) >= 11 is 5.76. The summed E-state index contributed by atoms with van der Waals surface area (Å²) in [5.74, 6) is -3.18. The highest BCUT2D eigenvalue weighted by atomic mass is 35.5. The second-order valence-electron chi connectivity index (χ2n) is 8.50. The minimum atomic E-state index is -3.10. The van der Waals surface area contributed by atoms with Gasteiger partial charge in [0.1, 0.15) is 0 Å². The second-order valence-corrected chi connectivity index (χ2v) is 8.90. The number of nitrogens with zero attached hydrogens (tertiary/aromatic N) is 7. The van der Waals surface area contributed by atoms with Gasteiger partial charge < -0.3 is 15.3 Å². The average molecular weight is 559 g/mol. The molecule has 0 saturated carbocycles. The second kappa shape index (κ2) is 10.6. The van der Waals surface area contributed by atoms with E-state index in [-0.39, 0.29) is 12.2 Å². The van der Waals surface area contributed by atoms with Gasteiger partial charge in [0.05, 0.1) is 35.3 Å². The van der Waals surface area contributed by atoms with Crippen molar-refractivity contribution in [3.05, 3.63) is 76.5 Å². The summed E-state index contributed by atoms with van der Waals surface area (Å²) in [5, 5.41) is 15.6. The number of hydrogen-bond donors (Lipinski definition) is 2. The van der Waals surface area contributed by atoms with Gasteiger partial charge in [-0.2, -0.15) is 5.10 Å². The van der Waals surface area contributed by atoms with Crippen molar-refractivity contribution in [3.8, 4) is 11.3 Å². The van der Waals surface area contributed by atoms with Crippen LogP contribution in [0.2, 0.25) is 5.02 Å². The summed E-state index contributed by atoms with van der Waals surface area (Å²) < 4.78 is 43.4. The van der Waals surface area contributed by atoms with E-state index in [0.29, 0.717) is 5.95 Å². The zero-order valence-electron chi connectivity index (χ0n) is 19.9. The van der Waals surface area contributed by atoms with Crippen molar-refractivity contribution in [1.29, 1.82) is 0 Å². The number of anilines is 2. The molecule has 0 atom stereocenters. The smallest absolute Gasteiger partial charge is 0.356 e. The summed E-state index contributed by atoms with van der Waals surface area (Å²) in [5.41, 5.74) is -2.46. The molecule has 0 aliphatic carbocycles. The van der Waals surface area contributed by atoms with Gasteiger partial charge in [-0.15, -0.1) is 0 Å². The van der Waals surface area contributed by atoms with Crippen molar-refractivity contribution >= 4 is 35.1 Å². The summed E-state index contributed by atoms with van der Waals surface area (Å²) in [6, 6.07) is 1.87. The Morgan fingerprint density at radius 2 is 1.82 bits per heavy atom. The summed E-state index contributed by atoms with van der Waals surface area (Å²) in [4.78, 5) is 42.9. The standard InChI is InChI=1S/C24H18ClF3N8O3/c25-15-3-2-14(21(27)28)17(18(15)26)16-9-29-20(23(38)39)19(34-16)22(37)33-13-8-32-36(11-13)10-12-6-30-24(31-7-12)35-4-1-5-35/h2-3,6-9,11,21H,1,4-5,10H2,(H,33,37)(H,38,39). The number of carboxylic acid groups (broad SMARTS) is 1. The largest absolute Gasteiger partial charge is 0.476 e. The number of hydrogen-bond acceptors (Lipinski definition) is 8. The lowest BCUT2D eigenvalue weighted by molar-refractivity contribution is 0.0685. The van der Waals surface area contributed by atoms with Crippen LogP contribution in [0.3, 0.4) is 0 Å².